The minimum Gasteiger partial charge on any atom is -0.492 e. The molecule has 1 aliphatic heterocycles. The number of H-pyrrole nitrogens is 1. The smallest absolute Gasteiger partial charge is 0.434 e. The summed E-state index contributed by atoms with van der Waals surface area (Å²) < 4.78 is 78.9. The quantitative estimate of drug-likeness (QED) is 0.445. The number of aromatic nitrogens is 2. The predicted molar refractivity (Wildman–Crippen MR) is 126 cm³/mol. The molecule has 0 saturated heterocycles. The van der Waals surface area contributed by atoms with Crippen molar-refractivity contribution in [2.45, 2.75) is 56.5 Å². The van der Waals surface area contributed by atoms with E-state index in [4.69, 9.17) is 24.9 Å². The molecule has 0 amide bonds. The minimum atomic E-state index is -4.61. The van der Waals surface area contributed by atoms with Gasteiger partial charge in [-0.25, -0.2) is 22.7 Å². The third kappa shape index (κ3) is 4.61. The molecular weight excluding hydrogens is 501 g/mol. The van der Waals surface area contributed by atoms with Gasteiger partial charge in [-0.2, -0.15) is 4.72 Å². The fourth-order valence-electron chi connectivity index (χ4n) is 4.21. The third-order valence-corrected chi connectivity index (χ3v) is 7.95. The maximum absolute atomic E-state index is 15.0. The maximum Gasteiger partial charge on any atom is 0.434 e. The fourth-order valence-corrected chi connectivity index (χ4v) is 5.93. The van der Waals surface area contributed by atoms with E-state index in [0.717, 1.165) is 17.7 Å². The van der Waals surface area contributed by atoms with Gasteiger partial charge in [-0.3, -0.25) is 0 Å². The predicted octanol–water partition coefficient (Wildman–Crippen LogP) is 3.59. The zero-order chi connectivity index (χ0) is 28.2. The number of benzene rings is 2. The van der Waals surface area contributed by atoms with Gasteiger partial charge < -0.3 is 14.3 Å². The van der Waals surface area contributed by atoms with Crippen LogP contribution in [0.2, 0.25) is 5.02 Å². The van der Waals surface area contributed by atoms with E-state index in [1.807, 2.05) is 0 Å². The number of hydrogen-bond acceptors (Lipinski definition) is 7. The summed E-state index contributed by atoms with van der Waals surface area (Å²) >= 11 is 6.23. The van der Waals surface area contributed by atoms with Gasteiger partial charge in [0.15, 0.2) is 0 Å². The summed E-state index contributed by atoms with van der Waals surface area (Å²) in [4.78, 5) is 11.2. The summed E-state index contributed by atoms with van der Waals surface area (Å²) in [7, 11) is -4.61. The lowest BCUT2D eigenvalue weighted by molar-refractivity contribution is 0.0135. The van der Waals surface area contributed by atoms with Crippen LogP contribution in [0.3, 0.4) is 0 Å². The van der Waals surface area contributed by atoms with Gasteiger partial charge in [0.05, 0.1) is 17.2 Å². The Morgan fingerprint density at radius 1 is 1.34 bits per heavy atom. The maximum atomic E-state index is 15.0. The molecule has 3 N–H and O–H groups in total. The van der Waals surface area contributed by atoms with Crippen molar-refractivity contribution in [1.82, 2.24) is 14.9 Å². The van der Waals surface area contributed by atoms with Crippen LogP contribution in [0.1, 0.15) is 64.4 Å². The van der Waals surface area contributed by atoms with Crippen molar-refractivity contribution >= 4 is 21.6 Å². The van der Waals surface area contributed by atoms with Gasteiger partial charge in [0.1, 0.15) is 22.5 Å². The molecule has 9 nitrogen and oxygen atoms in total. The highest BCUT2D eigenvalue weighted by Crippen LogP contribution is 2.45. The first-order chi connectivity index (χ1) is 17.6. The Kier molecular flexibility index (Phi) is 5.57. The molecule has 0 bridgehead atoms. The molecule has 0 fully saturated rings. The van der Waals surface area contributed by atoms with Crippen molar-refractivity contribution in [2.24, 2.45) is 0 Å². The van der Waals surface area contributed by atoms with Crippen molar-refractivity contribution < 1.29 is 31.2 Å². The number of hydrogen-bond donors (Lipinski definition) is 3. The van der Waals surface area contributed by atoms with E-state index < -0.39 is 56.7 Å². The van der Waals surface area contributed by atoms with Crippen LogP contribution in [-0.2, 0) is 15.6 Å². The van der Waals surface area contributed by atoms with Crippen LogP contribution < -0.4 is 15.2 Å². The largest absolute Gasteiger partial charge is 0.492 e. The Hall–Kier alpha value is -2.73. The van der Waals surface area contributed by atoms with E-state index in [-0.39, 0.29) is 35.1 Å². The molecule has 0 spiro atoms. The second-order valence-corrected chi connectivity index (χ2v) is 10.5. The second kappa shape index (κ2) is 9.05. The minimum absolute atomic E-state index is 0.175. The third-order valence-electron chi connectivity index (χ3n) is 6.17. The summed E-state index contributed by atoms with van der Waals surface area (Å²) in [5, 5.41) is 16.7. The zero-order valence-corrected chi connectivity index (χ0v) is 20.6. The molecule has 188 valence electrons. The van der Waals surface area contributed by atoms with E-state index in [2.05, 4.69) is 14.9 Å². The fraction of sp³-hybridized carbons (Fsp3) is 0.391. The number of nitrogens with one attached hydrogen (secondary N) is 2. The highest BCUT2D eigenvalue weighted by Gasteiger charge is 2.39. The van der Waals surface area contributed by atoms with Crippen molar-refractivity contribution in [3.05, 3.63) is 73.8 Å². The molecule has 0 aliphatic carbocycles. The number of nitrogens with zero attached hydrogens (tertiary/aromatic N) is 1. The summed E-state index contributed by atoms with van der Waals surface area (Å²) in [6.07, 6.45) is -0.350. The summed E-state index contributed by atoms with van der Waals surface area (Å²) in [6, 6.07) is 3.68. The Morgan fingerprint density at radius 2 is 2.09 bits per heavy atom. The van der Waals surface area contributed by atoms with Crippen LogP contribution in [0.5, 0.6) is 5.75 Å². The van der Waals surface area contributed by atoms with Crippen molar-refractivity contribution in [3.63, 3.8) is 0 Å². The normalized spacial score (nSPS) is 21.3. The van der Waals surface area contributed by atoms with Gasteiger partial charge in [0.25, 0.3) is 0 Å². The first-order valence-electron chi connectivity index (χ1n) is 12.1. The van der Waals surface area contributed by atoms with E-state index in [9.17, 15) is 22.7 Å². The molecule has 4 rings (SSSR count). The van der Waals surface area contributed by atoms with Crippen LogP contribution in [0.15, 0.2) is 38.4 Å². The van der Waals surface area contributed by atoms with Gasteiger partial charge in [0.2, 0.25) is 15.9 Å². The monoisotopic (exact) mass is 528 g/mol. The molecule has 0 unspecified atom stereocenters. The van der Waals surface area contributed by atoms with E-state index in [1.165, 1.54) is 13.0 Å². The van der Waals surface area contributed by atoms with E-state index in [0.29, 0.717) is 5.56 Å². The van der Waals surface area contributed by atoms with Gasteiger partial charge in [0, 0.05) is 22.0 Å². The first-order valence-corrected chi connectivity index (χ1v) is 12.5. The standard InChI is InChI=1S/C23H25ClFN3O6S/c1-11-5-7-15(25)17(12(11)2)13(3)19(21-26-27-22(29)34-21)28-35(31,32)16-8-6-14(24)18-20(16)33-10-9-23(18,4)30/h5-8,13,19,28,30H,9-10H2,1-4H3,(H,27,29)/t13-,19+,23+/m1/s1/i4D3. The van der Waals surface area contributed by atoms with Gasteiger partial charge in [-0.05, 0) is 55.6 Å². The Labute approximate surface area is 210 Å². The van der Waals surface area contributed by atoms with Crippen LogP contribution in [0.25, 0.3) is 0 Å². The average Bonchev–Trinajstić information content (AvgIpc) is 3.25. The molecule has 0 radical (unpaired) electrons. The van der Waals surface area contributed by atoms with Crippen LogP contribution in [0.4, 0.5) is 4.39 Å². The number of aryl methyl sites for hydroxylation is 1. The number of rotatable bonds is 6. The van der Waals surface area contributed by atoms with Crippen LogP contribution in [0, 0.1) is 19.7 Å². The highest BCUT2D eigenvalue weighted by atomic mass is 35.5. The van der Waals surface area contributed by atoms with Crippen molar-refractivity contribution in [3.8, 4) is 5.75 Å². The summed E-state index contributed by atoms with van der Waals surface area (Å²) in [5.74, 6) is -3.26. The second-order valence-electron chi connectivity index (χ2n) is 8.45. The van der Waals surface area contributed by atoms with Crippen molar-refractivity contribution in [2.75, 3.05) is 6.61 Å². The number of sulfonamides is 1. The van der Waals surface area contributed by atoms with E-state index in [1.54, 1.807) is 19.9 Å². The van der Waals surface area contributed by atoms with Crippen molar-refractivity contribution in [1.29, 1.82) is 0 Å². The molecule has 1 aromatic heterocycles. The molecule has 3 aromatic rings. The molecular formula is C23H25ClFN3O6S. The molecule has 1 aliphatic rings. The molecule has 35 heavy (non-hydrogen) atoms. The van der Waals surface area contributed by atoms with Crippen LogP contribution in [-0.4, -0.2) is 30.3 Å². The number of halogens is 2. The Balaban J connectivity index is 1.86. The Morgan fingerprint density at radius 3 is 2.74 bits per heavy atom. The topological polar surface area (TPSA) is 135 Å². The number of ether oxygens (including phenoxy) is 1. The lowest BCUT2D eigenvalue weighted by atomic mass is 9.88. The van der Waals surface area contributed by atoms with Gasteiger partial charge in [-0.15, -0.1) is 5.10 Å². The molecule has 3 atom stereocenters. The van der Waals surface area contributed by atoms with Gasteiger partial charge in [-0.1, -0.05) is 24.6 Å². The summed E-state index contributed by atoms with van der Waals surface area (Å²) in [5.41, 5.74) is -1.36. The molecule has 12 heteroatoms. The van der Waals surface area contributed by atoms with E-state index >= 15 is 0 Å². The number of aromatic amines is 1. The molecule has 0 saturated carbocycles. The SMILES string of the molecule is [2H]C([2H])([2H])[C@]1(O)CCOc2c(S(=O)(=O)N[C@H](c3n[nH]c(=O)o3)[C@H](C)c3c(F)ccc(C)c3C)ccc(Cl)c21. The number of fused-ring (bicyclic) bond motifs is 1. The lowest BCUT2D eigenvalue weighted by Gasteiger charge is -2.33. The lowest BCUT2D eigenvalue weighted by Crippen LogP contribution is -2.35. The molecule has 2 heterocycles. The average molecular weight is 529 g/mol. The van der Waals surface area contributed by atoms with Crippen LogP contribution >= 0.6 is 11.6 Å². The van der Waals surface area contributed by atoms with Gasteiger partial charge >= 0.3 is 5.76 Å². The molecule has 2 aromatic carbocycles. The zero-order valence-electron chi connectivity index (χ0n) is 22.0. The highest BCUT2D eigenvalue weighted by molar-refractivity contribution is 7.89. The first kappa shape index (κ1) is 21.5. The number of aliphatic hydroxyl groups is 1. The summed E-state index contributed by atoms with van der Waals surface area (Å²) in [6.45, 7) is 1.74. The Bertz CT molecular complexity index is 1560.